The van der Waals surface area contributed by atoms with Gasteiger partial charge in [0.05, 0.1) is 23.5 Å². The number of amides is 1. The second kappa shape index (κ2) is 11.7. The third-order valence-corrected chi connectivity index (χ3v) is 7.51. The number of rotatable bonds is 8. The fourth-order valence-electron chi connectivity index (χ4n) is 5.53. The summed E-state index contributed by atoms with van der Waals surface area (Å²) in [7, 11) is 0. The number of anilines is 1. The van der Waals surface area contributed by atoms with E-state index in [-0.39, 0.29) is 17.4 Å². The van der Waals surface area contributed by atoms with E-state index in [1.807, 2.05) is 64.1 Å². The molecule has 1 aromatic heterocycles. The van der Waals surface area contributed by atoms with E-state index in [0.717, 1.165) is 48.9 Å². The van der Waals surface area contributed by atoms with Crippen LogP contribution >= 0.6 is 0 Å². The van der Waals surface area contributed by atoms with Crippen molar-refractivity contribution in [2.24, 2.45) is 5.92 Å². The van der Waals surface area contributed by atoms with Crippen molar-refractivity contribution in [1.29, 1.82) is 0 Å². The van der Waals surface area contributed by atoms with Crippen LogP contribution in [0.4, 0.5) is 5.82 Å². The van der Waals surface area contributed by atoms with Crippen LogP contribution in [0.25, 0.3) is 11.0 Å². The number of likely N-dealkylation sites (tertiary alicyclic amines) is 1. The molecule has 2 fully saturated rings. The van der Waals surface area contributed by atoms with E-state index in [1.54, 1.807) is 0 Å². The maximum atomic E-state index is 13.7. The highest BCUT2D eigenvalue weighted by Gasteiger charge is 2.28. The van der Waals surface area contributed by atoms with Gasteiger partial charge in [0.15, 0.2) is 5.82 Å². The summed E-state index contributed by atoms with van der Waals surface area (Å²) in [4.78, 5) is 36.0. The molecule has 7 nitrogen and oxygen atoms in total. The lowest BCUT2D eigenvalue weighted by molar-refractivity contribution is -0.125. The summed E-state index contributed by atoms with van der Waals surface area (Å²) in [5, 5.41) is 3.16. The van der Waals surface area contributed by atoms with E-state index in [0.29, 0.717) is 25.5 Å². The molecule has 0 saturated carbocycles. The molecule has 2 aliphatic rings. The number of hydrogen-bond acceptors (Lipinski definition) is 5. The number of carbonyl (C=O) groups is 1. The van der Waals surface area contributed by atoms with Crippen molar-refractivity contribution in [2.75, 3.05) is 44.2 Å². The van der Waals surface area contributed by atoms with Gasteiger partial charge in [0, 0.05) is 19.6 Å². The van der Waals surface area contributed by atoms with Crippen molar-refractivity contribution in [2.45, 2.75) is 45.1 Å². The fraction of sp³-hybridized carbons (Fsp3) is 0.483. The second-order valence-corrected chi connectivity index (χ2v) is 10.1. The molecule has 1 atom stereocenters. The summed E-state index contributed by atoms with van der Waals surface area (Å²) in [6.07, 6.45) is 6.63. The highest BCUT2D eigenvalue weighted by Crippen LogP contribution is 2.22. The lowest BCUT2D eigenvalue weighted by Gasteiger charge is -2.33. The number of benzene rings is 2. The molecule has 190 valence electrons. The summed E-state index contributed by atoms with van der Waals surface area (Å²) < 4.78 is 1.82. The standard InChI is InChI=1S/C29H37N5O2/c35-28(30-16-10-19-32-17-7-2-8-18-32)24-13-9-20-33(22-24)27-29(36)34(21-23-11-3-1-4-12-23)26-15-6-5-14-25(26)31-27/h1,3-6,11-12,14-15,24H,2,7-10,13,16-22H2,(H,30,35)/t24-/m0/s1. The van der Waals surface area contributed by atoms with Crippen molar-refractivity contribution in [3.05, 3.63) is 70.5 Å². The molecule has 0 bridgehead atoms. The quantitative estimate of drug-likeness (QED) is 0.491. The van der Waals surface area contributed by atoms with Gasteiger partial charge < -0.3 is 15.1 Å². The van der Waals surface area contributed by atoms with Crippen LogP contribution < -0.4 is 15.8 Å². The number of para-hydroxylation sites is 2. The minimum absolute atomic E-state index is 0.0971. The van der Waals surface area contributed by atoms with Gasteiger partial charge in [0.1, 0.15) is 0 Å². The van der Waals surface area contributed by atoms with E-state index in [1.165, 1.54) is 32.4 Å². The summed E-state index contributed by atoms with van der Waals surface area (Å²) in [6.45, 7) is 5.90. The van der Waals surface area contributed by atoms with Gasteiger partial charge >= 0.3 is 0 Å². The predicted octanol–water partition coefficient (Wildman–Crippen LogP) is 3.65. The summed E-state index contributed by atoms with van der Waals surface area (Å²) in [5.41, 5.74) is 2.60. The minimum Gasteiger partial charge on any atom is -0.356 e. The smallest absolute Gasteiger partial charge is 0.294 e. The van der Waals surface area contributed by atoms with Crippen molar-refractivity contribution in [1.82, 2.24) is 19.8 Å². The van der Waals surface area contributed by atoms with Gasteiger partial charge in [-0.1, -0.05) is 48.9 Å². The van der Waals surface area contributed by atoms with Gasteiger partial charge in [0.2, 0.25) is 5.91 Å². The highest BCUT2D eigenvalue weighted by atomic mass is 16.2. The maximum Gasteiger partial charge on any atom is 0.294 e. The van der Waals surface area contributed by atoms with Crippen molar-refractivity contribution in [3.63, 3.8) is 0 Å². The predicted molar refractivity (Wildman–Crippen MR) is 144 cm³/mol. The van der Waals surface area contributed by atoms with Crippen LogP contribution in [-0.4, -0.2) is 59.6 Å². The summed E-state index contributed by atoms with van der Waals surface area (Å²) >= 11 is 0. The van der Waals surface area contributed by atoms with E-state index < -0.39 is 0 Å². The molecular weight excluding hydrogens is 450 g/mol. The Bertz CT molecular complexity index is 1220. The molecule has 5 rings (SSSR count). The van der Waals surface area contributed by atoms with Crippen molar-refractivity contribution in [3.8, 4) is 0 Å². The first-order valence-corrected chi connectivity index (χ1v) is 13.5. The number of piperidine rings is 2. The molecule has 0 aliphatic carbocycles. The molecule has 2 aromatic carbocycles. The molecule has 2 aliphatic heterocycles. The zero-order valence-electron chi connectivity index (χ0n) is 21.1. The van der Waals surface area contributed by atoms with Crippen molar-refractivity contribution >= 4 is 22.8 Å². The Morgan fingerprint density at radius 3 is 2.56 bits per heavy atom. The Kier molecular flexibility index (Phi) is 7.96. The monoisotopic (exact) mass is 487 g/mol. The third-order valence-electron chi connectivity index (χ3n) is 7.51. The average Bonchev–Trinajstić information content (AvgIpc) is 2.93. The summed E-state index contributed by atoms with van der Waals surface area (Å²) in [5.74, 6) is 0.431. The van der Waals surface area contributed by atoms with E-state index in [2.05, 4.69) is 10.2 Å². The average molecular weight is 488 g/mol. The van der Waals surface area contributed by atoms with E-state index in [9.17, 15) is 9.59 Å². The van der Waals surface area contributed by atoms with Crippen LogP contribution in [0.2, 0.25) is 0 Å². The largest absolute Gasteiger partial charge is 0.356 e. The topological polar surface area (TPSA) is 70.5 Å². The fourth-order valence-corrected chi connectivity index (χ4v) is 5.53. The van der Waals surface area contributed by atoms with Crippen LogP contribution in [0.5, 0.6) is 0 Å². The second-order valence-electron chi connectivity index (χ2n) is 10.1. The minimum atomic E-state index is -0.121. The third kappa shape index (κ3) is 5.78. The first kappa shape index (κ1) is 24.5. The van der Waals surface area contributed by atoms with E-state index in [4.69, 9.17) is 4.98 Å². The van der Waals surface area contributed by atoms with Crippen molar-refractivity contribution < 1.29 is 4.79 Å². The molecule has 7 heteroatoms. The molecule has 1 amide bonds. The van der Waals surface area contributed by atoms with Crippen LogP contribution in [0.15, 0.2) is 59.4 Å². The molecular formula is C29H37N5O2. The van der Waals surface area contributed by atoms with Gasteiger partial charge in [-0.25, -0.2) is 4.98 Å². The lowest BCUT2D eigenvalue weighted by Crippen LogP contribution is -2.46. The Labute approximate surface area is 213 Å². The molecule has 3 aromatic rings. The molecule has 0 unspecified atom stereocenters. The lowest BCUT2D eigenvalue weighted by atomic mass is 9.97. The van der Waals surface area contributed by atoms with Crippen LogP contribution in [0, 0.1) is 5.92 Å². The summed E-state index contributed by atoms with van der Waals surface area (Å²) in [6, 6.07) is 17.8. The van der Waals surface area contributed by atoms with Gasteiger partial charge in [-0.2, -0.15) is 0 Å². The number of nitrogens with zero attached hydrogens (tertiary/aromatic N) is 4. The molecule has 2 saturated heterocycles. The van der Waals surface area contributed by atoms with Gasteiger partial charge in [-0.05, 0) is 69.4 Å². The Hall–Kier alpha value is -3.19. The van der Waals surface area contributed by atoms with Crippen LogP contribution in [0.3, 0.4) is 0 Å². The van der Waals surface area contributed by atoms with Crippen LogP contribution in [-0.2, 0) is 11.3 Å². The number of hydrogen-bond donors (Lipinski definition) is 1. The molecule has 0 spiro atoms. The molecule has 1 N–H and O–H groups in total. The number of fused-ring (bicyclic) bond motifs is 1. The Balaban J connectivity index is 1.28. The number of nitrogens with one attached hydrogen (secondary N) is 1. The number of carbonyl (C=O) groups excluding carboxylic acids is 1. The van der Waals surface area contributed by atoms with Gasteiger partial charge in [0.25, 0.3) is 5.56 Å². The number of aromatic nitrogens is 2. The van der Waals surface area contributed by atoms with Gasteiger partial charge in [-0.3, -0.25) is 14.2 Å². The normalized spacial score (nSPS) is 18.9. The van der Waals surface area contributed by atoms with Crippen LogP contribution in [0.1, 0.15) is 44.1 Å². The molecule has 36 heavy (non-hydrogen) atoms. The zero-order chi connectivity index (χ0) is 24.7. The first-order valence-electron chi connectivity index (χ1n) is 13.5. The molecule has 3 heterocycles. The Morgan fingerprint density at radius 2 is 1.72 bits per heavy atom. The zero-order valence-corrected chi connectivity index (χ0v) is 21.1. The SMILES string of the molecule is O=C(NCCCN1CCCCC1)[C@H]1CCCN(c2nc3ccccc3n(Cc3ccccc3)c2=O)C1. The maximum absolute atomic E-state index is 13.7. The Morgan fingerprint density at radius 1 is 0.944 bits per heavy atom. The molecule has 0 radical (unpaired) electrons. The van der Waals surface area contributed by atoms with E-state index >= 15 is 0 Å². The first-order chi connectivity index (χ1) is 17.7. The highest BCUT2D eigenvalue weighted by molar-refractivity contribution is 5.80. The van der Waals surface area contributed by atoms with Gasteiger partial charge in [-0.15, -0.1) is 0 Å².